The van der Waals surface area contributed by atoms with Crippen LogP contribution < -0.4 is 72.5 Å². The predicted octanol–water partition coefficient (Wildman–Crippen LogP) is 3.76. The number of rotatable bonds is 18. The first-order valence-electron chi connectivity index (χ1n) is 40.8. The molecule has 0 spiro atoms. The summed E-state index contributed by atoms with van der Waals surface area (Å²) in [5.41, 5.74) is 3.33. The van der Waals surface area contributed by atoms with Gasteiger partial charge in [-0.1, -0.05) is 67.4 Å². The van der Waals surface area contributed by atoms with Gasteiger partial charge in [-0.2, -0.15) is 0 Å². The van der Waals surface area contributed by atoms with E-state index in [-0.39, 0.29) is 80.5 Å². The van der Waals surface area contributed by atoms with E-state index in [1.165, 1.54) is 45.2 Å². The van der Waals surface area contributed by atoms with Gasteiger partial charge in [0.05, 0.1) is 54.4 Å². The Kier molecular flexibility index (Phi) is 26.5. The molecule has 7 heterocycles. The molecule has 15 bridgehead atoms. The number of aliphatic hydroxyl groups excluding tert-OH is 6. The van der Waals surface area contributed by atoms with Crippen molar-refractivity contribution in [1.82, 2.24) is 47.9 Å². The Morgan fingerprint density at radius 1 is 0.659 bits per heavy atom. The van der Waals surface area contributed by atoms with Gasteiger partial charge in [-0.3, -0.25) is 48.5 Å². The van der Waals surface area contributed by atoms with Gasteiger partial charge in [-0.15, -0.1) is 0 Å². The van der Waals surface area contributed by atoms with Crippen molar-refractivity contribution >= 4 is 76.4 Å². The maximum absolute atomic E-state index is 16.6. The van der Waals surface area contributed by atoms with Crippen LogP contribution in [0.15, 0.2) is 103 Å². The molecule has 2 saturated heterocycles. The highest BCUT2D eigenvalue weighted by atomic mass is 35.5. The normalized spacial score (nSPS) is 30.6. The first kappa shape index (κ1) is 88.8. The van der Waals surface area contributed by atoms with E-state index in [1.807, 2.05) is 13.8 Å². The first-order valence-corrected chi connectivity index (χ1v) is 41.6. The molecule has 20 N–H and O–H groups in total. The lowest BCUT2D eigenvalue weighted by Gasteiger charge is -2.54. The molecule has 6 aromatic rings. The van der Waals surface area contributed by atoms with Crippen LogP contribution in [0.3, 0.4) is 0 Å². The SMILES string of the molecule is CCOc1ccc(CC(=O)NC(=O)C[C@@H]2NC(=O)[C@H](NC(=O)[C@@H](CC(C)C)NC)[C@H](O)c3ccc(c(Cl)c3)Oc3cc4cc(c3O[C@@H]3O[C@H](CO)[C@@H](O)[C@H](O)[C@H]3O[C@H]3C[C@](C)(N)[C@H](O)[C@H](C)O3)Oc3ccc(cc3Cl)[C@@H](O)[C@@H]3NC(=O)[C@H](NC(=O)[C@@H]4NC2=O)c2ccc(O)c(c2)-c2c(O)cc(O)cc2[C@@H](C(=O)NC2C4CC5CC(C4)CC2C5)NC3=O)cc1. The summed E-state index contributed by atoms with van der Waals surface area (Å²) in [7, 11) is 1.48. The Morgan fingerprint density at radius 2 is 1.28 bits per heavy atom. The number of nitrogens with two attached hydrogens (primary N) is 1. The van der Waals surface area contributed by atoms with E-state index in [0.29, 0.717) is 29.8 Å². The summed E-state index contributed by atoms with van der Waals surface area (Å²) in [6, 6.07) is 6.22. The van der Waals surface area contributed by atoms with E-state index in [0.717, 1.165) is 86.7 Å². The minimum Gasteiger partial charge on any atom is -0.508 e. The molecule has 0 aromatic heterocycles. The van der Waals surface area contributed by atoms with Crippen molar-refractivity contribution < 1.29 is 122 Å². The number of amides is 9. The third-order valence-corrected chi connectivity index (χ3v) is 24.8. The number of aliphatic hydroxyl groups is 6. The number of nitrogens with one attached hydrogen (secondary N) is 9. The highest BCUT2D eigenvalue weighted by Crippen LogP contribution is 2.55. The Bertz CT molecular complexity index is 5030. The van der Waals surface area contributed by atoms with Crippen molar-refractivity contribution in [2.45, 2.75) is 208 Å². The maximum atomic E-state index is 16.6. The van der Waals surface area contributed by atoms with E-state index in [2.05, 4.69) is 47.9 Å². The predicted molar refractivity (Wildman–Crippen MR) is 436 cm³/mol. The molecule has 17 rings (SSSR count). The molecule has 4 aliphatic carbocycles. The van der Waals surface area contributed by atoms with Gasteiger partial charge in [0, 0.05) is 35.2 Å². The van der Waals surface area contributed by atoms with Crippen molar-refractivity contribution in [3.8, 4) is 62.9 Å². The molecule has 0 radical (unpaired) electrons. The zero-order valence-electron chi connectivity index (χ0n) is 67.8. The van der Waals surface area contributed by atoms with Crippen molar-refractivity contribution in [2.24, 2.45) is 35.3 Å². The summed E-state index contributed by atoms with van der Waals surface area (Å²) < 4.78 is 44.6. The summed E-state index contributed by atoms with van der Waals surface area (Å²) in [6.45, 7) is 7.78. The second-order valence-corrected chi connectivity index (χ2v) is 34.4. The van der Waals surface area contributed by atoms with Crippen LogP contribution in [0.5, 0.6) is 51.7 Å². The average molecular weight is 1740 g/mol. The lowest BCUT2D eigenvalue weighted by atomic mass is 9.54. The number of likely N-dealkylation sites (N-methyl/N-ethyl adjacent to an activating group) is 1. The fourth-order valence-electron chi connectivity index (χ4n) is 18.2. The van der Waals surface area contributed by atoms with Gasteiger partial charge < -0.3 is 127 Å². The topological polar surface area (TPSA) is 535 Å². The van der Waals surface area contributed by atoms with Gasteiger partial charge in [0.25, 0.3) is 0 Å². The number of imide groups is 1. The molecule has 658 valence electrons. The summed E-state index contributed by atoms with van der Waals surface area (Å²) in [4.78, 5) is 139. The smallest absolute Gasteiger partial charge is 0.248 e. The fraction of sp³-hybridized carbons (Fsp3) is 0.477. The second-order valence-electron chi connectivity index (χ2n) is 33.6. The quantitative estimate of drug-likeness (QED) is 0.0582. The van der Waals surface area contributed by atoms with E-state index >= 15 is 28.8 Å². The molecule has 37 heteroatoms. The maximum Gasteiger partial charge on any atom is 0.248 e. The molecule has 18 atom stereocenters. The number of phenols is 3. The standard InChI is InChI=1S/C86H100Cl2N10O25/c1-7-117-47-13-8-37(9-14-47)24-61(103)92-62(104)32-53-79(111)94-67-45-28-58(119-56-16-11-41(26-50(56)87)71(105)69(83(115)91-53)97-78(110)52(90-6)18-35(2)3)75(123-85-76(74(108)73(107)60(34-99)121-85)122-63-33-86(5,89)77(109)36(4)118-63)59(29-45)120-57-17-12-42(27-51(57)88)72(106)70-84(116)96-68(82(114)93-65-43-20-38-19-39(22-43)23-44(65)21-38)49-30-46(100)31-55(102)64(49)48-25-40(10-15-54(48)101)66(80(112)98-70)95-81(67)113/h8-17,25-31,35-36,38-39,43-44,52-53,60,63,65-74,76-77,85,90,99-102,105-109H,7,18-24,32-34,89H2,1-6H3,(H,91,115)(H,93,114)(H,94,111)(H,95,113)(H,96,116)(H,97,110)(H,98,112)(H,92,103,104)/t36-,38?,39?,43?,44?,52+,53-,60+,63-,65?,66+,67+,68-,69+,70-,71+,72+,73+,74-,76+,77+,85-,86-/m0/s1. The molecule has 11 aliphatic rings. The van der Waals surface area contributed by atoms with E-state index in [9.17, 15) is 60.3 Å². The van der Waals surface area contributed by atoms with Gasteiger partial charge in [-0.25, -0.2) is 0 Å². The summed E-state index contributed by atoms with van der Waals surface area (Å²) in [5.74, 6) is -14.1. The molecule has 4 saturated carbocycles. The molecule has 123 heavy (non-hydrogen) atoms. The number of carbonyl (C=O) groups excluding carboxylic acids is 9. The third-order valence-electron chi connectivity index (χ3n) is 24.2. The number of hydrogen-bond acceptors (Lipinski definition) is 27. The molecular formula is C86H100Cl2N10O25. The summed E-state index contributed by atoms with van der Waals surface area (Å²) in [6.07, 6.45) is -14.9. The average Bonchev–Trinajstić information content (AvgIpc) is 0.756. The zero-order valence-corrected chi connectivity index (χ0v) is 69.3. The van der Waals surface area contributed by atoms with Gasteiger partial charge >= 0.3 is 0 Å². The number of carbonyl (C=O) groups is 9. The Hall–Kier alpha value is -10.5. The molecular weight excluding hydrogens is 1640 g/mol. The van der Waals surface area contributed by atoms with Crippen LogP contribution >= 0.6 is 23.2 Å². The van der Waals surface area contributed by atoms with Crippen molar-refractivity contribution in [2.75, 3.05) is 20.3 Å². The van der Waals surface area contributed by atoms with Crippen LogP contribution in [-0.4, -0.2) is 204 Å². The monoisotopic (exact) mass is 1740 g/mol. The number of aromatic hydroxyl groups is 3. The number of hydrogen-bond donors (Lipinski definition) is 19. The number of benzene rings is 6. The first-order chi connectivity index (χ1) is 58.5. The van der Waals surface area contributed by atoms with E-state index in [1.54, 1.807) is 31.2 Å². The molecule has 35 nitrogen and oxygen atoms in total. The lowest BCUT2D eigenvalue weighted by Crippen LogP contribution is -2.64. The van der Waals surface area contributed by atoms with Crippen LogP contribution in [0.2, 0.25) is 10.0 Å². The van der Waals surface area contributed by atoms with Crippen molar-refractivity contribution in [1.29, 1.82) is 0 Å². The number of fused-ring (bicyclic) bond motifs is 15. The number of ether oxygens (including phenoxy) is 7. The van der Waals surface area contributed by atoms with Crippen LogP contribution in [0, 0.1) is 29.6 Å². The van der Waals surface area contributed by atoms with E-state index < -0.39 is 233 Å². The molecule has 9 amide bonds. The van der Waals surface area contributed by atoms with Crippen LogP contribution in [0.4, 0.5) is 0 Å². The summed E-state index contributed by atoms with van der Waals surface area (Å²) in [5, 5.41) is 130. The van der Waals surface area contributed by atoms with Gasteiger partial charge in [0.2, 0.25) is 65.2 Å². The van der Waals surface area contributed by atoms with Crippen LogP contribution in [0.25, 0.3) is 11.1 Å². The number of halogens is 2. The van der Waals surface area contributed by atoms with Gasteiger partial charge in [-0.05, 0) is 196 Å². The molecule has 0 unspecified atom stereocenters. The summed E-state index contributed by atoms with van der Waals surface area (Å²) >= 11 is 14.5. The molecule has 7 aliphatic heterocycles. The largest absolute Gasteiger partial charge is 0.508 e. The minimum absolute atomic E-state index is 0.0559. The van der Waals surface area contributed by atoms with Crippen LogP contribution in [0.1, 0.15) is 150 Å². The third kappa shape index (κ3) is 19.1. The highest BCUT2D eigenvalue weighted by molar-refractivity contribution is 6.32. The number of phenolic OH excluding ortho intramolecular Hbond substituents is 3. The lowest BCUT2D eigenvalue weighted by molar-refractivity contribution is -0.333. The van der Waals surface area contributed by atoms with Gasteiger partial charge in [0.1, 0.15) is 101 Å². The highest BCUT2D eigenvalue weighted by Gasteiger charge is 2.53. The Morgan fingerprint density at radius 3 is 1.89 bits per heavy atom. The second kappa shape index (κ2) is 36.7. The van der Waals surface area contributed by atoms with E-state index in [4.69, 9.17) is 62.1 Å². The fourth-order valence-corrected chi connectivity index (χ4v) is 18.7. The minimum atomic E-state index is -2.41. The Balaban J connectivity index is 0.963. The van der Waals surface area contributed by atoms with Crippen molar-refractivity contribution in [3.63, 3.8) is 0 Å². The molecule has 6 fully saturated rings. The van der Waals surface area contributed by atoms with Crippen LogP contribution in [-0.2, 0) is 63.8 Å². The van der Waals surface area contributed by atoms with Gasteiger partial charge in [0.15, 0.2) is 23.9 Å². The zero-order chi connectivity index (χ0) is 88.1. The molecule has 6 aromatic carbocycles. The van der Waals surface area contributed by atoms with Crippen molar-refractivity contribution in [3.05, 3.63) is 147 Å². The Labute approximate surface area is 715 Å².